The number of nitrogens with zero attached hydrogens (tertiary/aromatic N) is 5. The first kappa shape index (κ1) is 14.3. The van der Waals surface area contributed by atoms with E-state index in [1.807, 2.05) is 42.6 Å². The van der Waals surface area contributed by atoms with Gasteiger partial charge in [-0.25, -0.2) is 4.98 Å². The summed E-state index contributed by atoms with van der Waals surface area (Å²) in [6.07, 6.45) is 4.07. The average molecular weight is 313 g/mol. The van der Waals surface area contributed by atoms with E-state index in [1.54, 1.807) is 0 Å². The average Bonchev–Trinajstić information content (AvgIpc) is 3.13. The standard InChI is InChI=1S/C16H19N5O2/c1-11-15(16-17-12(2)19-23-16)21(7-8-22-11)10-13-9-20-6-4-3-5-14(20)18-13/h3-6,9,11,15H,7-8,10H2,1-2H3/t11-,15+/m1/s1. The zero-order chi connectivity index (χ0) is 15.8. The van der Waals surface area contributed by atoms with Crippen molar-refractivity contribution in [2.45, 2.75) is 32.5 Å². The molecule has 0 saturated carbocycles. The molecular formula is C16H19N5O2. The van der Waals surface area contributed by atoms with Gasteiger partial charge in [-0.3, -0.25) is 4.90 Å². The molecule has 0 aliphatic carbocycles. The second-order valence-corrected chi connectivity index (χ2v) is 5.87. The van der Waals surface area contributed by atoms with Gasteiger partial charge in [-0.2, -0.15) is 4.98 Å². The molecule has 1 saturated heterocycles. The van der Waals surface area contributed by atoms with E-state index >= 15 is 0 Å². The van der Waals surface area contributed by atoms with Crippen molar-refractivity contribution in [2.75, 3.05) is 13.2 Å². The zero-order valence-corrected chi connectivity index (χ0v) is 13.2. The summed E-state index contributed by atoms with van der Waals surface area (Å²) in [5.41, 5.74) is 1.97. The molecule has 4 heterocycles. The van der Waals surface area contributed by atoms with E-state index in [2.05, 4.69) is 26.2 Å². The van der Waals surface area contributed by atoms with Crippen molar-refractivity contribution in [1.82, 2.24) is 24.4 Å². The molecule has 1 aliphatic rings. The quantitative estimate of drug-likeness (QED) is 0.736. The Hall–Kier alpha value is -2.25. The molecule has 4 rings (SSSR count). The predicted molar refractivity (Wildman–Crippen MR) is 82.8 cm³/mol. The lowest BCUT2D eigenvalue weighted by molar-refractivity contribution is -0.0766. The number of hydrogen-bond donors (Lipinski definition) is 0. The minimum Gasteiger partial charge on any atom is -0.375 e. The Labute approximate surface area is 133 Å². The van der Waals surface area contributed by atoms with E-state index < -0.39 is 0 Å². The summed E-state index contributed by atoms with van der Waals surface area (Å²) in [6, 6.07) is 5.95. The minimum atomic E-state index is -0.0465. The lowest BCUT2D eigenvalue weighted by Crippen LogP contribution is -2.43. The van der Waals surface area contributed by atoms with Crippen LogP contribution in [0.1, 0.15) is 30.4 Å². The Kier molecular flexibility index (Phi) is 3.59. The fraction of sp³-hybridized carbons (Fsp3) is 0.438. The van der Waals surface area contributed by atoms with Crippen LogP contribution in [0.5, 0.6) is 0 Å². The molecule has 7 heteroatoms. The number of rotatable bonds is 3. The van der Waals surface area contributed by atoms with Gasteiger partial charge in [-0.15, -0.1) is 0 Å². The number of aromatic nitrogens is 4. The largest absolute Gasteiger partial charge is 0.375 e. The summed E-state index contributed by atoms with van der Waals surface area (Å²) in [7, 11) is 0. The molecule has 0 radical (unpaired) electrons. The van der Waals surface area contributed by atoms with Crippen LogP contribution >= 0.6 is 0 Å². The third kappa shape index (κ3) is 2.73. The molecule has 0 spiro atoms. The number of aryl methyl sites for hydroxylation is 1. The summed E-state index contributed by atoms with van der Waals surface area (Å²) in [5.74, 6) is 1.25. The highest BCUT2D eigenvalue weighted by atomic mass is 16.5. The molecule has 3 aromatic heterocycles. The summed E-state index contributed by atoms with van der Waals surface area (Å²) >= 11 is 0. The first-order valence-electron chi connectivity index (χ1n) is 7.79. The molecule has 0 aromatic carbocycles. The first-order valence-corrected chi connectivity index (χ1v) is 7.79. The number of imidazole rings is 1. The van der Waals surface area contributed by atoms with Crippen LogP contribution in [0.3, 0.4) is 0 Å². The fourth-order valence-electron chi connectivity index (χ4n) is 3.12. The lowest BCUT2D eigenvalue weighted by atomic mass is 10.1. The number of ether oxygens (including phenoxy) is 1. The maximum Gasteiger partial charge on any atom is 0.246 e. The molecule has 7 nitrogen and oxygen atoms in total. The van der Waals surface area contributed by atoms with Crippen molar-refractivity contribution in [3.05, 3.63) is 48.0 Å². The highest BCUT2D eigenvalue weighted by molar-refractivity contribution is 5.39. The Bertz CT molecular complexity index is 779. The molecule has 0 bridgehead atoms. The fourth-order valence-corrected chi connectivity index (χ4v) is 3.12. The van der Waals surface area contributed by atoms with E-state index in [4.69, 9.17) is 9.26 Å². The zero-order valence-electron chi connectivity index (χ0n) is 13.2. The second-order valence-electron chi connectivity index (χ2n) is 5.87. The van der Waals surface area contributed by atoms with Crippen LogP contribution < -0.4 is 0 Å². The van der Waals surface area contributed by atoms with Crippen LogP contribution in [0.4, 0.5) is 0 Å². The minimum absolute atomic E-state index is 0.000585. The van der Waals surface area contributed by atoms with Gasteiger partial charge in [0.25, 0.3) is 0 Å². The van der Waals surface area contributed by atoms with Crippen molar-refractivity contribution >= 4 is 5.65 Å². The van der Waals surface area contributed by atoms with Gasteiger partial charge in [0.15, 0.2) is 5.82 Å². The van der Waals surface area contributed by atoms with Crippen LogP contribution in [-0.4, -0.2) is 43.7 Å². The Balaban J connectivity index is 1.62. The molecule has 0 unspecified atom stereocenters. The predicted octanol–water partition coefficient (Wildman–Crippen LogP) is 1.99. The van der Waals surface area contributed by atoms with E-state index in [-0.39, 0.29) is 12.1 Å². The van der Waals surface area contributed by atoms with E-state index in [0.717, 1.165) is 24.4 Å². The maximum atomic E-state index is 5.79. The number of hydrogen-bond acceptors (Lipinski definition) is 6. The maximum absolute atomic E-state index is 5.79. The summed E-state index contributed by atoms with van der Waals surface area (Å²) < 4.78 is 13.2. The first-order chi connectivity index (χ1) is 11.2. The van der Waals surface area contributed by atoms with Gasteiger partial charge in [-0.1, -0.05) is 11.2 Å². The molecule has 3 aromatic rings. The van der Waals surface area contributed by atoms with Gasteiger partial charge < -0.3 is 13.7 Å². The topological polar surface area (TPSA) is 68.7 Å². The van der Waals surface area contributed by atoms with Crippen molar-refractivity contribution in [2.24, 2.45) is 0 Å². The van der Waals surface area contributed by atoms with Gasteiger partial charge in [-0.05, 0) is 26.0 Å². The van der Waals surface area contributed by atoms with Crippen molar-refractivity contribution in [1.29, 1.82) is 0 Å². The van der Waals surface area contributed by atoms with E-state index in [1.165, 1.54) is 0 Å². The molecule has 0 amide bonds. The van der Waals surface area contributed by atoms with Crippen LogP contribution in [0.2, 0.25) is 0 Å². The van der Waals surface area contributed by atoms with Gasteiger partial charge in [0.1, 0.15) is 11.7 Å². The molecule has 2 atom stereocenters. The van der Waals surface area contributed by atoms with Crippen molar-refractivity contribution in [3.8, 4) is 0 Å². The lowest BCUT2D eigenvalue weighted by Gasteiger charge is -2.37. The molecule has 1 aliphatic heterocycles. The van der Waals surface area contributed by atoms with Gasteiger partial charge in [0.05, 0.1) is 18.4 Å². The third-order valence-electron chi connectivity index (χ3n) is 4.17. The summed E-state index contributed by atoms with van der Waals surface area (Å²) in [4.78, 5) is 11.4. The van der Waals surface area contributed by atoms with Crippen LogP contribution in [0, 0.1) is 6.92 Å². The third-order valence-corrected chi connectivity index (χ3v) is 4.17. The van der Waals surface area contributed by atoms with Crippen molar-refractivity contribution < 1.29 is 9.26 Å². The van der Waals surface area contributed by atoms with Gasteiger partial charge in [0, 0.05) is 25.5 Å². The smallest absolute Gasteiger partial charge is 0.246 e. The van der Waals surface area contributed by atoms with Gasteiger partial charge >= 0.3 is 0 Å². The van der Waals surface area contributed by atoms with Gasteiger partial charge in [0.2, 0.25) is 5.89 Å². The highest BCUT2D eigenvalue weighted by Crippen LogP contribution is 2.29. The number of pyridine rings is 1. The van der Waals surface area contributed by atoms with Crippen LogP contribution in [0.25, 0.3) is 5.65 Å². The Morgan fingerprint density at radius 2 is 2.22 bits per heavy atom. The van der Waals surface area contributed by atoms with E-state index in [0.29, 0.717) is 18.3 Å². The molecular weight excluding hydrogens is 294 g/mol. The molecule has 0 N–H and O–H groups in total. The number of fused-ring (bicyclic) bond motifs is 1. The molecule has 1 fully saturated rings. The van der Waals surface area contributed by atoms with Crippen LogP contribution in [-0.2, 0) is 11.3 Å². The summed E-state index contributed by atoms with van der Waals surface area (Å²) in [5, 5.41) is 3.91. The molecule has 23 heavy (non-hydrogen) atoms. The molecule has 120 valence electrons. The SMILES string of the molecule is Cc1noc([C@@H]2[C@@H](C)OCCN2Cc2cn3ccccc3n2)n1. The van der Waals surface area contributed by atoms with Crippen LogP contribution in [0.15, 0.2) is 35.1 Å². The van der Waals surface area contributed by atoms with E-state index in [9.17, 15) is 0 Å². The Morgan fingerprint density at radius 3 is 3.00 bits per heavy atom. The summed E-state index contributed by atoms with van der Waals surface area (Å²) in [6.45, 7) is 6.10. The second kappa shape index (κ2) is 5.75. The van der Waals surface area contributed by atoms with Crippen molar-refractivity contribution in [3.63, 3.8) is 0 Å². The number of morpholine rings is 1. The highest BCUT2D eigenvalue weighted by Gasteiger charge is 2.35. The Morgan fingerprint density at radius 1 is 1.30 bits per heavy atom. The normalized spacial score (nSPS) is 22.7. The monoisotopic (exact) mass is 313 g/mol.